The predicted octanol–water partition coefficient (Wildman–Crippen LogP) is 1.94. The second kappa shape index (κ2) is 7.46. The Balaban J connectivity index is 1.47. The summed E-state index contributed by atoms with van der Waals surface area (Å²) in [6.45, 7) is 5.69. The summed E-state index contributed by atoms with van der Waals surface area (Å²) in [7, 11) is 0. The molecule has 3 heterocycles. The number of nitrogens with one attached hydrogen (secondary N) is 1. The van der Waals surface area contributed by atoms with Crippen LogP contribution in [0.5, 0.6) is 0 Å². The highest BCUT2D eigenvalue weighted by Crippen LogP contribution is 2.13. The number of carbonyl (C=O) groups is 1. The molecule has 1 aliphatic heterocycles. The zero-order valence-electron chi connectivity index (χ0n) is 13.6. The maximum absolute atomic E-state index is 12.3. The molecule has 1 aliphatic rings. The minimum Gasteiger partial charge on any atom is -0.381 e. The molecule has 6 heteroatoms. The van der Waals surface area contributed by atoms with Gasteiger partial charge in [0, 0.05) is 51.0 Å². The van der Waals surface area contributed by atoms with E-state index in [9.17, 15) is 4.79 Å². The van der Waals surface area contributed by atoms with Gasteiger partial charge in [0.15, 0.2) is 0 Å². The summed E-state index contributed by atoms with van der Waals surface area (Å²) in [5, 5.41) is 3.00. The zero-order chi connectivity index (χ0) is 16.1. The van der Waals surface area contributed by atoms with Crippen LogP contribution in [-0.2, 0) is 11.2 Å². The largest absolute Gasteiger partial charge is 0.381 e. The van der Waals surface area contributed by atoms with Crippen LogP contribution in [0.15, 0.2) is 30.6 Å². The molecule has 23 heavy (non-hydrogen) atoms. The van der Waals surface area contributed by atoms with E-state index in [2.05, 4.69) is 10.3 Å². The summed E-state index contributed by atoms with van der Waals surface area (Å²) in [6, 6.07) is 5.93. The number of nitrogens with zero attached hydrogens (tertiary/aromatic N) is 3. The molecule has 0 radical (unpaired) electrons. The SMILES string of the molecule is CCN(C[C@@H]1CCOC1)C(=O)NCCc1cn2ccccc2n1. The monoisotopic (exact) mass is 316 g/mol. The highest BCUT2D eigenvalue weighted by atomic mass is 16.5. The smallest absolute Gasteiger partial charge is 0.317 e. The van der Waals surface area contributed by atoms with Crippen molar-refractivity contribution in [1.82, 2.24) is 19.6 Å². The number of hydrogen-bond acceptors (Lipinski definition) is 3. The predicted molar refractivity (Wildman–Crippen MR) is 88.5 cm³/mol. The molecule has 0 aliphatic carbocycles. The lowest BCUT2D eigenvalue weighted by Gasteiger charge is -2.24. The molecule has 2 aromatic rings. The van der Waals surface area contributed by atoms with Crippen molar-refractivity contribution in [2.45, 2.75) is 19.8 Å². The molecule has 0 unspecified atom stereocenters. The lowest BCUT2D eigenvalue weighted by Crippen LogP contribution is -2.43. The average Bonchev–Trinajstić information content (AvgIpc) is 3.21. The molecule has 1 atom stereocenters. The standard InChI is InChI=1S/C17H24N4O2/c1-2-20(11-14-7-10-23-13-14)17(22)18-8-6-15-12-21-9-4-3-5-16(21)19-15/h3-5,9,12,14H,2,6-8,10-11,13H2,1H3,(H,18,22)/t14-/m0/s1. The van der Waals surface area contributed by atoms with Crippen LogP contribution >= 0.6 is 0 Å². The number of carbonyl (C=O) groups excluding carboxylic acids is 1. The first kappa shape index (κ1) is 15.8. The van der Waals surface area contributed by atoms with E-state index < -0.39 is 0 Å². The molecule has 2 amide bonds. The van der Waals surface area contributed by atoms with Crippen LogP contribution in [-0.4, -0.2) is 53.2 Å². The molecule has 0 aromatic carbocycles. The van der Waals surface area contributed by atoms with Gasteiger partial charge in [-0.2, -0.15) is 0 Å². The van der Waals surface area contributed by atoms with Crippen molar-refractivity contribution < 1.29 is 9.53 Å². The van der Waals surface area contributed by atoms with Gasteiger partial charge in [-0.05, 0) is 25.5 Å². The van der Waals surface area contributed by atoms with Crippen LogP contribution in [0.2, 0.25) is 0 Å². The number of amides is 2. The quantitative estimate of drug-likeness (QED) is 0.886. The highest BCUT2D eigenvalue weighted by Gasteiger charge is 2.21. The Morgan fingerprint density at radius 3 is 3.17 bits per heavy atom. The van der Waals surface area contributed by atoms with Gasteiger partial charge in [0.1, 0.15) is 5.65 Å². The van der Waals surface area contributed by atoms with Gasteiger partial charge >= 0.3 is 6.03 Å². The molecule has 0 saturated carbocycles. The summed E-state index contributed by atoms with van der Waals surface area (Å²) in [6.07, 6.45) is 5.77. The lowest BCUT2D eigenvalue weighted by atomic mass is 10.1. The summed E-state index contributed by atoms with van der Waals surface area (Å²) in [4.78, 5) is 18.7. The number of rotatable bonds is 6. The van der Waals surface area contributed by atoms with E-state index in [1.54, 1.807) is 0 Å². The molecule has 2 aromatic heterocycles. The Labute approximate surface area is 136 Å². The molecule has 6 nitrogen and oxygen atoms in total. The summed E-state index contributed by atoms with van der Waals surface area (Å²) < 4.78 is 7.38. The topological polar surface area (TPSA) is 58.9 Å². The Hall–Kier alpha value is -2.08. The minimum atomic E-state index is 0.00293. The van der Waals surface area contributed by atoms with Gasteiger partial charge in [-0.15, -0.1) is 0 Å². The minimum absolute atomic E-state index is 0.00293. The fraction of sp³-hybridized carbons (Fsp3) is 0.529. The van der Waals surface area contributed by atoms with Gasteiger partial charge in [-0.25, -0.2) is 9.78 Å². The van der Waals surface area contributed by atoms with Gasteiger partial charge in [0.25, 0.3) is 0 Å². The van der Waals surface area contributed by atoms with E-state index in [0.29, 0.717) is 12.5 Å². The lowest BCUT2D eigenvalue weighted by molar-refractivity contribution is 0.166. The number of ether oxygens (including phenoxy) is 1. The average molecular weight is 316 g/mol. The van der Waals surface area contributed by atoms with Crippen LogP contribution in [0, 0.1) is 5.92 Å². The molecular formula is C17H24N4O2. The van der Waals surface area contributed by atoms with Crippen molar-refractivity contribution in [1.29, 1.82) is 0 Å². The van der Waals surface area contributed by atoms with Gasteiger partial charge in [-0.3, -0.25) is 0 Å². The third kappa shape index (κ3) is 4.01. The van der Waals surface area contributed by atoms with Crippen molar-refractivity contribution in [2.24, 2.45) is 5.92 Å². The van der Waals surface area contributed by atoms with Crippen molar-refractivity contribution >= 4 is 11.7 Å². The van der Waals surface area contributed by atoms with Gasteiger partial charge in [0.2, 0.25) is 0 Å². The summed E-state index contributed by atoms with van der Waals surface area (Å²) in [5.74, 6) is 0.471. The van der Waals surface area contributed by atoms with E-state index in [1.807, 2.05) is 46.8 Å². The Morgan fingerprint density at radius 2 is 2.43 bits per heavy atom. The van der Waals surface area contributed by atoms with Crippen LogP contribution in [0.3, 0.4) is 0 Å². The van der Waals surface area contributed by atoms with E-state index in [1.165, 1.54) is 0 Å². The number of fused-ring (bicyclic) bond motifs is 1. The molecule has 124 valence electrons. The fourth-order valence-corrected chi connectivity index (χ4v) is 2.91. The van der Waals surface area contributed by atoms with E-state index in [0.717, 1.165) is 50.5 Å². The van der Waals surface area contributed by atoms with E-state index in [4.69, 9.17) is 4.74 Å². The third-order valence-electron chi connectivity index (χ3n) is 4.24. The van der Waals surface area contributed by atoms with Gasteiger partial charge in [0.05, 0.1) is 12.3 Å². The molecule has 3 rings (SSSR count). The number of pyridine rings is 1. The fourth-order valence-electron chi connectivity index (χ4n) is 2.91. The van der Waals surface area contributed by atoms with Gasteiger partial charge in [-0.1, -0.05) is 6.07 Å². The van der Waals surface area contributed by atoms with Crippen LogP contribution in [0.4, 0.5) is 4.79 Å². The first-order valence-corrected chi connectivity index (χ1v) is 8.29. The van der Waals surface area contributed by atoms with Crippen LogP contribution < -0.4 is 5.32 Å². The Bertz CT molecular complexity index is 616. The van der Waals surface area contributed by atoms with Crippen molar-refractivity contribution in [3.05, 3.63) is 36.3 Å². The van der Waals surface area contributed by atoms with Crippen molar-refractivity contribution in [3.63, 3.8) is 0 Å². The van der Waals surface area contributed by atoms with Crippen LogP contribution in [0.25, 0.3) is 5.65 Å². The molecule has 1 saturated heterocycles. The summed E-state index contributed by atoms with van der Waals surface area (Å²) >= 11 is 0. The molecule has 0 bridgehead atoms. The Kier molecular flexibility index (Phi) is 5.12. The second-order valence-electron chi connectivity index (χ2n) is 5.95. The maximum atomic E-state index is 12.3. The first-order valence-electron chi connectivity index (χ1n) is 8.29. The summed E-state index contributed by atoms with van der Waals surface area (Å²) in [5.41, 5.74) is 1.92. The third-order valence-corrected chi connectivity index (χ3v) is 4.24. The van der Waals surface area contributed by atoms with E-state index >= 15 is 0 Å². The first-order chi connectivity index (χ1) is 11.3. The highest BCUT2D eigenvalue weighted by molar-refractivity contribution is 5.74. The molecule has 0 spiro atoms. The second-order valence-corrected chi connectivity index (χ2v) is 5.95. The zero-order valence-corrected chi connectivity index (χ0v) is 13.6. The number of aromatic nitrogens is 2. The number of hydrogen-bond donors (Lipinski definition) is 1. The van der Waals surface area contributed by atoms with E-state index in [-0.39, 0.29) is 6.03 Å². The Morgan fingerprint density at radius 1 is 1.52 bits per heavy atom. The van der Waals surface area contributed by atoms with Crippen LogP contribution in [0.1, 0.15) is 19.0 Å². The van der Waals surface area contributed by atoms with Crippen molar-refractivity contribution in [2.75, 3.05) is 32.8 Å². The molecule has 1 N–H and O–H groups in total. The van der Waals surface area contributed by atoms with Crippen molar-refractivity contribution in [3.8, 4) is 0 Å². The maximum Gasteiger partial charge on any atom is 0.317 e. The number of imidazole rings is 1. The molecule has 1 fully saturated rings. The normalized spacial score (nSPS) is 17.5. The molecular weight excluding hydrogens is 292 g/mol. The van der Waals surface area contributed by atoms with Gasteiger partial charge < -0.3 is 19.4 Å². The number of urea groups is 1.